The summed E-state index contributed by atoms with van der Waals surface area (Å²) < 4.78 is 5.51. The molecule has 0 amide bonds. The van der Waals surface area contributed by atoms with E-state index in [1.54, 1.807) is 0 Å². The van der Waals surface area contributed by atoms with E-state index in [1.807, 2.05) is 12.3 Å². The summed E-state index contributed by atoms with van der Waals surface area (Å²) in [6, 6.07) is 4.10. The van der Waals surface area contributed by atoms with Gasteiger partial charge >= 0.3 is 0 Å². The summed E-state index contributed by atoms with van der Waals surface area (Å²) in [5.41, 5.74) is 1.23. The van der Waals surface area contributed by atoms with Gasteiger partial charge in [-0.2, -0.15) is 0 Å². The molecule has 0 aromatic carbocycles. The standard InChI is InChI=1S/C11H15ClN2O/c1-9-2-3-13-11(6-9)14-4-5-15-10(7-12)8-14/h2-3,6,10H,4-5,7-8H2,1H3. The molecule has 0 spiro atoms. The minimum Gasteiger partial charge on any atom is -0.373 e. The first-order chi connectivity index (χ1) is 7.29. The van der Waals surface area contributed by atoms with Gasteiger partial charge in [-0.3, -0.25) is 0 Å². The van der Waals surface area contributed by atoms with Gasteiger partial charge in [0.25, 0.3) is 0 Å². The zero-order valence-corrected chi connectivity index (χ0v) is 9.57. The molecule has 1 saturated heterocycles. The summed E-state index contributed by atoms with van der Waals surface area (Å²) in [4.78, 5) is 6.59. The van der Waals surface area contributed by atoms with Gasteiger partial charge < -0.3 is 9.64 Å². The minimum absolute atomic E-state index is 0.128. The summed E-state index contributed by atoms with van der Waals surface area (Å²) in [6.07, 6.45) is 1.97. The van der Waals surface area contributed by atoms with Gasteiger partial charge in [0.2, 0.25) is 0 Å². The van der Waals surface area contributed by atoms with Crippen LogP contribution in [0, 0.1) is 6.92 Å². The van der Waals surface area contributed by atoms with Crippen LogP contribution in [0.25, 0.3) is 0 Å². The van der Waals surface area contributed by atoms with Crippen molar-refractivity contribution < 1.29 is 4.74 Å². The van der Waals surface area contributed by atoms with Crippen LogP contribution in [0.1, 0.15) is 5.56 Å². The molecule has 82 valence electrons. The molecule has 1 fully saturated rings. The molecule has 0 N–H and O–H groups in total. The largest absolute Gasteiger partial charge is 0.373 e. The lowest BCUT2D eigenvalue weighted by Gasteiger charge is -2.32. The van der Waals surface area contributed by atoms with Crippen molar-refractivity contribution >= 4 is 17.4 Å². The maximum absolute atomic E-state index is 5.79. The lowest BCUT2D eigenvalue weighted by Crippen LogP contribution is -2.43. The zero-order chi connectivity index (χ0) is 10.7. The van der Waals surface area contributed by atoms with Crippen LogP contribution in [0.5, 0.6) is 0 Å². The number of rotatable bonds is 2. The lowest BCUT2D eigenvalue weighted by molar-refractivity contribution is 0.0551. The Labute approximate surface area is 95.0 Å². The zero-order valence-electron chi connectivity index (χ0n) is 8.82. The fourth-order valence-corrected chi connectivity index (χ4v) is 1.90. The van der Waals surface area contributed by atoms with E-state index >= 15 is 0 Å². The Balaban J connectivity index is 2.09. The topological polar surface area (TPSA) is 25.4 Å². The number of pyridine rings is 1. The molecule has 1 aromatic heterocycles. The second kappa shape index (κ2) is 4.81. The molecule has 1 unspecified atom stereocenters. The molecule has 2 heterocycles. The number of hydrogen-bond donors (Lipinski definition) is 0. The van der Waals surface area contributed by atoms with E-state index in [1.165, 1.54) is 5.56 Å². The van der Waals surface area contributed by atoms with Gasteiger partial charge in [0, 0.05) is 19.3 Å². The molecule has 1 aromatic rings. The van der Waals surface area contributed by atoms with Crippen LogP contribution >= 0.6 is 11.6 Å². The van der Waals surface area contributed by atoms with Gasteiger partial charge in [-0.1, -0.05) is 0 Å². The average Bonchev–Trinajstić information content (AvgIpc) is 2.29. The Hall–Kier alpha value is -0.800. The molecule has 0 radical (unpaired) electrons. The van der Waals surface area contributed by atoms with Crippen LogP contribution in [-0.4, -0.2) is 36.7 Å². The van der Waals surface area contributed by atoms with Gasteiger partial charge in [-0.05, 0) is 24.6 Å². The number of ether oxygens (including phenoxy) is 1. The number of morpholine rings is 1. The monoisotopic (exact) mass is 226 g/mol. The first-order valence-electron chi connectivity index (χ1n) is 5.15. The van der Waals surface area contributed by atoms with Crippen molar-refractivity contribution in [2.75, 3.05) is 30.5 Å². The van der Waals surface area contributed by atoms with Gasteiger partial charge in [0.1, 0.15) is 5.82 Å². The SMILES string of the molecule is Cc1ccnc(N2CCOC(CCl)C2)c1. The van der Waals surface area contributed by atoms with E-state index in [9.17, 15) is 0 Å². The van der Waals surface area contributed by atoms with Crippen LogP contribution in [0.3, 0.4) is 0 Å². The maximum atomic E-state index is 5.79. The molecule has 0 bridgehead atoms. The Kier molecular flexibility index (Phi) is 3.44. The number of hydrogen-bond acceptors (Lipinski definition) is 3. The van der Waals surface area contributed by atoms with E-state index in [2.05, 4.69) is 22.9 Å². The van der Waals surface area contributed by atoms with Crippen molar-refractivity contribution in [3.8, 4) is 0 Å². The highest BCUT2D eigenvalue weighted by molar-refractivity contribution is 6.18. The average molecular weight is 227 g/mol. The summed E-state index contributed by atoms with van der Waals surface area (Å²) in [7, 11) is 0. The third-order valence-corrected chi connectivity index (χ3v) is 2.88. The van der Waals surface area contributed by atoms with Gasteiger partial charge in [0.05, 0.1) is 18.6 Å². The number of aromatic nitrogens is 1. The molecule has 2 rings (SSSR count). The number of aryl methyl sites for hydroxylation is 1. The second-order valence-electron chi connectivity index (χ2n) is 3.78. The van der Waals surface area contributed by atoms with E-state index in [-0.39, 0.29) is 6.10 Å². The minimum atomic E-state index is 0.128. The molecule has 0 saturated carbocycles. The molecule has 3 nitrogen and oxygen atoms in total. The third kappa shape index (κ3) is 2.61. The van der Waals surface area contributed by atoms with Crippen molar-refractivity contribution in [1.29, 1.82) is 0 Å². The molecule has 0 aliphatic carbocycles. The number of halogens is 1. The molecule has 4 heteroatoms. The normalized spacial score (nSPS) is 21.7. The highest BCUT2D eigenvalue weighted by Crippen LogP contribution is 2.16. The van der Waals surface area contributed by atoms with Crippen LogP contribution in [0.4, 0.5) is 5.82 Å². The quantitative estimate of drug-likeness (QED) is 0.720. The second-order valence-corrected chi connectivity index (χ2v) is 4.09. The summed E-state index contributed by atoms with van der Waals surface area (Å²) in [5.74, 6) is 1.57. The Morgan fingerprint density at radius 2 is 2.53 bits per heavy atom. The molecule has 1 atom stereocenters. The highest BCUT2D eigenvalue weighted by atomic mass is 35.5. The molecular weight excluding hydrogens is 212 g/mol. The van der Waals surface area contributed by atoms with Crippen molar-refractivity contribution in [3.05, 3.63) is 23.9 Å². The van der Waals surface area contributed by atoms with Crippen molar-refractivity contribution in [2.24, 2.45) is 0 Å². The fraction of sp³-hybridized carbons (Fsp3) is 0.545. The fourth-order valence-electron chi connectivity index (χ4n) is 1.71. The predicted octanol–water partition coefficient (Wildman–Crippen LogP) is 1.83. The van der Waals surface area contributed by atoms with Crippen LogP contribution < -0.4 is 4.90 Å². The van der Waals surface area contributed by atoms with Crippen molar-refractivity contribution in [3.63, 3.8) is 0 Å². The first kappa shape index (κ1) is 10.7. The van der Waals surface area contributed by atoms with E-state index in [4.69, 9.17) is 16.3 Å². The van der Waals surface area contributed by atoms with Crippen molar-refractivity contribution in [1.82, 2.24) is 4.98 Å². The number of nitrogens with zero attached hydrogens (tertiary/aromatic N) is 2. The Bertz CT molecular complexity index is 332. The summed E-state index contributed by atoms with van der Waals surface area (Å²) >= 11 is 5.79. The Morgan fingerprint density at radius 3 is 3.27 bits per heavy atom. The third-order valence-electron chi connectivity index (χ3n) is 2.54. The molecule has 15 heavy (non-hydrogen) atoms. The highest BCUT2D eigenvalue weighted by Gasteiger charge is 2.20. The summed E-state index contributed by atoms with van der Waals surface area (Å²) in [6.45, 7) is 4.53. The van der Waals surface area contributed by atoms with Gasteiger partial charge in [0.15, 0.2) is 0 Å². The van der Waals surface area contributed by atoms with E-state index in [0.29, 0.717) is 5.88 Å². The van der Waals surface area contributed by atoms with E-state index in [0.717, 1.165) is 25.5 Å². The molecular formula is C11H15ClN2O. The van der Waals surface area contributed by atoms with Crippen molar-refractivity contribution in [2.45, 2.75) is 13.0 Å². The molecule has 1 aliphatic rings. The van der Waals surface area contributed by atoms with E-state index < -0.39 is 0 Å². The van der Waals surface area contributed by atoms with Gasteiger partial charge in [-0.15, -0.1) is 11.6 Å². The van der Waals surface area contributed by atoms with Gasteiger partial charge in [-0.25, -0.2) is 4.98 Å². The van der Waals surface area contributed by atoms with Crippen LogP contribution in [0.15, 0.2) is 18.3 Å². The maximum Gasteiger partial charge on any atom is 0.128 e. The Morgan fingerprint density at radius 1 is 1.67 bits per heavy atom. The smallest absolute Gasteiger partial charge is 0.128 e. The number of anilines is 1. The predicted molar refractivity (Wildman–Crippen MR) is 61.6 cm³/mol. The lowest BCUT2D eigenvalue weighted by atomic mass is 10.2. The van der Waals surface area contributed by atoms with Crippen LogP contribution in [0.2, 0.25) is 0 Å². The molecule has 1 aliphatic heterocycles. The summed E-state index contributed by atoms with van der Waals surface area (Å²) in [5, 5.41) is 0. The number of alkyl halides is 1. The van der Waals surface area contributed by atoms with Crippen LogP contribution in [-0.2, 0) is 4.74 Å². The first-order valence-corrected chi connectivity index (χ1v) is 5.68.